The zero-order chi connectivity index (χ0) is 59.9. The molecule has 0 N–H and O–H groups in total. The van der Waals surface area contributed by atoms with Gasteiger partial charge < -0.3 is 14.2 Å². The highest BCUT2D eigenvalue weighted by molar-refractivity contribution is 5.71. The number of carbonyl (C=O) groups excluding carboxylic acids is 3. The molecule has 0 amide bonds. The number of esters is 3. The lowest BCUT2D eigenvalue weighted by molar-refractivity contribution is -0.167. The molecule has 0 radical (unpaired) electrons. The van der Waals surface area contributed by atoms with Crippen LogP contribution < -0.4 is 0 Å². The van der Waals surface area contributed by atoms with E-state index in [1.807, 2.05) is 0 Å². The van der Waals surface area contributed by atoms with Crippen LogP contribution in [0.2, 0.25) is 0 Å². The van der Waals surface area contributed by atoms with Crippen LogP contribution in [-0.4, -0.2) is 37.2 Å². The SMILES string of the molecule is CC/C=C\C/C=C\C/C=C\C/C=C\C/C=C\C/C=C\CCCCCCCCCCCCCCCCC(=O)OCC(COC(=O)CCCCCCC/C=C\C/C=C\CCCCC)OC(=O)CCCCCCCCC/C=C\C/C=C\CCCCC. The second-order valence-electron chi connectivity index (χ2n) is 23.1. The van der Waals surface area contributed by atoms with Crippen molar-refractivity contribution in [1.82, 2.24) is 0 Å². The van der Waals surface area contributed by atoms with E-state index in [9.17, 15) is 14.4 Å². The van der Waals surface area contributed by atoms with Crippen molar-refractivity contribution in [3.63, 3.8) is 0 Å². The van der Waals surface area contributed by atoms with Gasteiger partial charge in [0.2, 0.25) is 0 Å². The molecule has 0 saturated carbocycles. The van der Waals surface area contributed by atoms with Crippen molar-refractivity contribution in [3.8, 4) is 0 Å². The highest BCUT2D eigenvalue weighted by Gasteiger charge is 2.19. The van der Waals surface area contributed by atoms with E-state index in [1.165, 1.54) is 154 Å². The largest absolute Gasteiger partial charge is 0.462 e. The molecule has 474 valence electrons. The van der Waals surface area contributed by atoms with Crippen LogP contribution in [0.5, 0.6) is 0 Å². The van der Waals surface area contributed by atoms with E-state index in [0.29, 0.717) is 19.3 Å². The molecule has 0 aliphatic carbocycles. The van der Waals surface area contributed by atoms with E-state index in [0.717, 1.165) is 135 Å². The number of unbranched alkanes of at least 4 members (excludes halogenated alkanes) is 32. The first-order chi connectivity index (χ1) is 41.0. The van der Waals surface area contributed by atoms with E-state index in [4.69, 9.17) is 14.2 Å². The highest BCUT2D eigenvalue weighted by Crippen LogP contribution is 2.16. The second-order valence-corrected chi connectivity index (χ2v) is 23.1. The molecule has 0 aromatic heterocycles. The molecule has 0 aromatic carbocycles. The number of hydrogen-bond acceptors (Lipinski definition) is 6. The van der Waals surface area contributed by atoms with Gasteiger partial charge in [0.25, 0.3) is 0 Å². The van der Waals surface area contributed by atoms with Gasteiger partial charge in [0.1, 0.15) is 13.2 Å². The summed E-state index contributed by atoms with van der Waals surface area (Å²) in [6.45, 7) is 6.48. The third-order valence-corrected chi connectivity index (χ3v) is 14.9. The summed E-state index contributed by atoms with van der Waals surface area (Å²) in [7, 11) is 0. The van der Waals surface area contributed by atoms with Crippen LogP contribution in [0.3, 0.4) is 0 Å². The Morgan fingerprint density at radius 3 is 0.735 bits per heavy atom. The van der Waals surface area contributed by atoms with Crippen LogP contribution in [0.1, 0.15) is 329 Å². The van der Waals surface area contributed by atoms with Crippen LogP contribution in [0.4, 0.5) is 0 Å². The summed E-state index contributed by atoms with van der Waals surface area (Å²) in [5.41, 5.74) is 0. The van der Waals surface area contributed by atoms with Crippen molar-refractivity contribution in [1.29, 1.82) is 0 Å². The van der Waals surface area contributed by atoms with Crippen molar-refractivity contribution >= 4 is 17.9 Å². The predicted octanol–water partition coefficient (Wildman–Crippen LogP) is 24.3. The topological polar surface area (TPSA) is 78.9 Å². The highest BCUT2D eigenvalue weighted by atomic mass is 16.6. The Bertz CT molecular complexity index is 1700. The molecule has 0 fully saturated rings. The van der Waals surface area contributed by atoms with Crippen molar-refractivity contribution in [2.24, 2.45) is 0 Å². The van der Waals surface area contributed by atoms with E-state index in [1.54, 1.807) is 0 Å². The molecule has 0 aliphatic heterocycles. The third-order valence-electron chi connectivity index (χ3n) is 14.9. The second kappa shape index (κ2) is 70.3. The van der Waals surface area contributed by atoms with Crippen LogP contribution in [0, 0.1) is 0 Å². The van der Waals surface area contributed by atoms with Gasteiger partial charge in [-0.15, -0.1) is 0 Å². The van der Waals surface area contributed by atoms with Gasteiger partial charge in [0.05, 0.1) is 0 Å². The third kappa shape index (κ3) is 68.5. The first-order valence-corrected chi connectivity index (χ1v) is 35.0. The fourth-order valence-electron chi connectivity index (χ4n) is 9.68. The molecule has 0 spiro atoms. The van der Waals surface area contributed by atoms with Crippen LogP contribution in [0.25, 0.3) is 0 Å². The number of ether oxygens (including phenoxy) is 3. The lowest BCUT2D eigenvalue weighted by atomic mass is 10.0. The Kier molecular flexibility index (Phi) is 66.7. The molecule has 0 bridgehead atoms. The normalized spacial score (nSPS) is 12.9. The predicted molar refractivity (Wildman–Crippen MR) is 362 cm³/mol. The van der Waals surface area contributed by atoms with Gasteiger partial charge in [-0.1, -0.05) is 296 Å². The smallest absolute Gasteiger partial charge is 0.306 e. The van der Waals surface area contributed by atoms with Crippen LogP contribution in [-0.2, 0) is 28.6 Å². The zero-order valence-electron chi connectivity index (χ0n) is 54.4. The summed E-state index contributed by atoms with van der Waals surface area (Å²) in [6, 6.07) is 0. The van der Waals surface area contributed by atoms with Crippen LogP contribution in [0.15, 0.2) is 122 Å². The molecule has 0 aliphatic rings. The zero-order valence-corrected chi connectivity index (χ0v) is 54.4. The molecule has 1 atom stereocenters. The van der Waals surface area contributed by atoms with Gasteiger partial charge in [-0.25, -0.2) is 0 Å². The van der Waals surface area contributed by atoms with Gasteiger partial charge in [0.15, 0.2) is 6.10 Å². The monoisotopic (exact) mass is 1150 g/mol. The Labute approximate surface area is 513 Å². The summed E-state index contributed by atoms with van der Waals surface area (Å²) in [5.74, 6) is -0.898. The fourth-order valence-corrected chi connectivity index (χ4v) is 9.68. The summed E-state index contributed by atoms with van der Waals surface area (Å²) >= 11 is 0. The minimum atomic E-state index is -0.791. The lowest BCUT2D eigenvalue weighted by Gasteiger charge is -2.18. The number of carbonyl (C=O) groups is 3. The minimum Gasteiger partial charge on any atom is -0.462 e. The van der Waals surface area contributed by atoms with E-state index >= 15 is 0 Å². The summed E-state index contributed by atoms with van der Waals surface area (Å²) in [4.78, 5) is 38.4. The van der Waals surface area contributed by atoms with E-state index in [2.05, 4.69) is 142 Å². The lowest BCUT2D eigenvalue weighted by Crippen LogP contribution is -2.30. The minimum absolute atomic E-state index is 0.0858. The standard InChI is InChI=1S/C77H130O6/c1-4-7-10-13-16-19-22-25-28-30-31-32-33-34-35-36-37-38-39-40-41-42-43-44-45-47-49-52-55-58-61-64-67-70-76(79)82-73-74(72-81-75(78)69-66-63-60-57-54-51-48-27-24-21-18-15-12-9-6-3)83-77(80)71-68-65-62-59-56-53-50-46-29-26-23-20-17-14-11-8-5-2/h7,10,16-21,25-29,31-32,34-35,37-38,48,74H,4-6,8-9,11-15,22-24,30,33,36,39-47,49-73H2,1-3H3/b10-7-,19-16-,20-17-,21-18-,28-25-,29-26-,32-31-,35-34-,38-37-,48-27-. The molecule has 0 heterocycles. The molecular weight excluding hydrogens is 1020 g/mol. The Morgan fingerprint density at radius 2 is 0.470 bits per heavy atom. The molecule has 0 saturated heterocycles. The maximum Gasteiger partial charge on any atom is 0.306 e. The van der Waals surface area contributed by atoms with Gasteiger partial charge >= 0.3 is 17.9 Å². The van der Waals surface area contributed by atoms with Crippen molar-refractivity contribution in [3.05, 3.63) is 122 Å². The average molecular weight is 1150 g/mol. The first kappa shape index (κ1) is 78.8. The maximum atomic E-state index is 12.9. The number of rotatable bonds is 63. The molecule has 83 heavy (non-hydrogen) atoms. The molecule has 6 nitrogen and oxygen atoms in total. The van der Waals surface area contributed by atoms with Gasteiger partial charge in [-0.05, 0) is 135 Å². The van der Waals surface area contributed by atoms with Crippen molar-refractivity contribution in [2.45, 2.75) is 335 Å². The molecular formula is C77H130O6. The molecule has 0 aromatic rings. The van der Waals surface area contributed by atoms with E-state index in [-0.39, 0.29) is 31.1 Å². The Morgan fingerprint density at radius 1 is 0.253 bits per heavy atom. The maximum absolute atomic E-state index is 12.9. The summed E-state index contributed by atoms with van der Waals surface area (Å²) in [5, 5.41) is 0. The van der Waals surface area contributed by atoms with Crippen LogP contribution >= 0.6 is 0 Å². The molecule has 6 heteroatoms. The average Bonchev–Trinajstić information content (AvgIpc) is 3.49. The first-order valence-electron chi connectivity index (χ1n) is 35.0. The quantitative estimate of drug-likeness (QED) is 0.0261. The van der Waals surface area contributed by atoms with Crippen molar-refractivity contribution < 1.29 is 28.6 Å². The molecule has 0 rings (SSSR count). The van der Waals surface area contributed by atoms with Gasteiger partial charge in [0, 0.05) is 19.3 Å². The van der Waals surface area contributed by atoms with Crippen molar-refractivity contribution in [2.75, 3.05) is 13.2 Å². The number of allylic oxidation sites excluding steroid dienone is 20. The van der Waals surface area contributed by atoms with E-state index < -0.39 is 6.10 Å². The Hall–Kier alpha value is -4.19. The van der Waals surface area contributed by atoms with Gasteiger partial charge in [-0.3, -0.25) is 14.4 Å². The summed E-state index contributed by atoms with van der Waals surface area (Å²) < 4.78 is 17.0. The summed E-state index contributed by atoms with van der Waals surface area (Å²) in [6.07, 6.45) is 97.9. The fraction of sp³-hybridized carbons (Fsp3) is 0.701. The number of hydrogen-bond donors (Lipinski definition) is 0. The van der Waals surface area contributed by atoms with Gasteiger partial charge in [-0.2, -0.15) is 0 Å². The molecule has 1 unspecified atom stereocenters. The Balaban J connectivity index is 4.25.